The normalized spacial score (nSPS) is 16.6. The molecule has 2 aromatic carbocycles. The van der Waals surface area contributed by atoms with Crippen molar-refractivity contribution in [3.8, 4) is 0 Å². The fourth-order valence-corrected chi connectivity index (χ4v) is 4.63. The van der Waals surface area contributed by atoms with Crippen LogP contribution in [0.4, 0.5) is 0 Å². The van der Waals surface area contributed by atoms with Crippen LogP contribution in [-0.2, 0) is 14.4 Å². The third kappa shape index (κ3) is 6.19. The molecule has 2 aromatic rings. The number of likely N-dealkylation sites (tertiary alicyclic amines) is 1. The Kier molecular flexibility index (Phi) is 8.60. The standard InChI is InChI=1S/C29H37NO3/c1-4-29(2,3)27(32)28(33)30-21-12-11-19-25(30)26(31)20-13-18-24(22-14-7-5-8-15-22)23-16-9-6-10-17-23/h5-10,14-17,24-25H,4,11-13,18-21H2,1-3H3. The second-order valence-electron chi connectivity index (χ2n) is 9.81. The van der Waals surface area contributed by atoms with Crippen LogP contribution in [0.5, 0.6) is 0 Å². The number of hydrogen-bond acceptors (Lipinski definition) is 3. The van der Waals surface area contributed by atoms with Crippen molar-refractivity contribution < 1.29 is 14.4 Å². The van der Waals surface area contributed by atoms with Crippen molar-refractivity contribution >= 4 is 17.5 Å². The van der Waals surface area contributed by atoms with Crippen LogP contribution >= 0.6 is 0 Å². The minimum absolute atomic E-state index is 0.0880. The van der Waals surface area contributed by atoms with Gasteiger partial charge in [0.15, 0.2) is 5.78 Å². The first kappa shape index (κ1) is 24.9. The molecule has 0 saturated carbocycles. The molecule has 0 radical (unpaired) electrons. The van der Waals surface area contributed by atoms with E-state index in [1.165, 1.54) is 11.1 Å². The lowest BCUT2D eigenvalue weighted by Gasteiger charge is -2.36. The Morgan fingerprint density at radius 2 is 1.52 bits per heavy atom. The summed E-state index contributed by atoms with van der Waals surface area (Å²) in [5, 5.41) is 0. The second kappa shape index (κ2) is 11.4. The number of carbonyl (C=O) groups excluding carboxylic acids is 3. The summed E-state index contributed by atoms with van der Waals surface area (Å²) in [6, 6.07) is 20.3. The van der Waals surface area contributed by atoms with Gasteiger partial charge in [0.1, 0.15) is 0 Å². The first-order chi connectivity index (χ1) is 15.8. The van der Waals surface area contributed by atoms with Crippen LogP contribution in [0, 0.1) is 5.41 Å². The Morgan fingerprint density at radius 1 is 0.939 bits per heavy atom. The maximum atomic E-state index is 13.2. The van der Waals surface area contributed by atoms with Crippen LogP contribution in [0.1, 0.15) is 82.8 Å². The fraction of sp³-hybridized carbons (Fsp3) is 0.483. The van der Waals surface area contributed by atoms with Crippen molar-refractivity contribution in [3.63, 3.8) is 0 Å². The highest BCUT2D eigenvalue weighted by molar-refractivity contribution is 6.38. The number of piperidine rings is 1. The summed E-state index contributed by atoms with van der Waals surface area (Å²) in [5.74, 6) is -0.537. The third-order valence-corrected chi connectivity index (χ3v) is 7.15. The Hall–Kier alpha value is -2.75. The topological polar surface area (TPSA) is 54.5 Å². The Bertz CT molecular complexity index is 896. The van der Waals surface area contributed by atoms with Gasteiger partial charge in [0.05, 0.1) is 6.04 Å². The van der Waals surface area contributed by atoms with E-state index in [4.69, 9.17) is 0 Å². The molecule has 0 bridgehead atoms. The van der Waals surface area contributed by atoms with Gasteiger partial charge in [0.25, 0.3) is 5.91 Å². The molecule has 1 saturated heterocycles. The van der Waals surface area contributed by atoms with E-state index in [0.717, 1.165) is 25.7 Å². The summed E-state index contributed by atoms with van der Waals surface area (Å²) in [5.41, 5.74) is 1.80. The molecule has 0 N–H and O–H groups in total. The van der Waals surface area contributed by atoms with Crippen molar-refractivity contribution in [2.75, 3.05) is 6.54 Å². The van der Waals surface area contributed by atoms with Crippen LogP contribution in [0.25, 0.3) is 0 Å². The number of carbonyl (C=O) groups is 3. The van der Waals surface area contributed by atoms with Gasteiger partial charge in [-0.1, -0.05) is 81.4 Å². The largest absolute Gasteiger partial charge is 0.326 e. The molecular weight excluding hydrogens is 410 g/mol. The van der Waals surface area contributed by atoms with Crippen molar-refractivity contribution in [1.29, 1.82) is 0 Å². The van der Waals surface area contributed by atoms with Crippen LogP contribution in [-0.4, -0.2) is 35.0 Å². The second-order valence-corrected chi connectivity index (χ2v) is 9.81. The number of rotatable bonds is 10. The average Bonchev–Trinajstić information content (AvgIpc) is 2.86. The van der Waals surface area contributed by atoms with Crippen molar-refractivity contribution in [1.82, 2.24) is 4.90 Å². The lowest BCUT2D eigenvalue weighted by molar-refractivity contribution is -0.153. The number of Topliss-reactive ketones (excluding diaryl/α,β-unsaturated/α-hetero) is 2. The number of benzene rings is 2. The summed E-state index contributed by atoms with van der Waals surface area (Å²) in [4.78, 5) is 40.5. The number of nitrogens with zero attached hydrogens (tertiary/aromatic N) is 1. The van der Waals surface area contributed by atoms with Crippen molar-refractivity contribution in [2.24, 2.45) is 5.41 Å². The SMILES string of the molecule is CCC(C)(C)C(=O)C(=O)N1CCCCC1C(=O)CCCC(c1ccccc1)c1ccccc1. The lowest BCUT2D eigenvalue weighted by Crippen LogP contribution is -2.52. The number of hydrogen-bond donors (Lipinski definition) is 0. The van der Waals surface area contributed by atoms with Gasteiger partial charge in [-0.3, -0.25) is 14.4 Å². The Labute approximate surface area is 198 Å². The van der Waals surface area contributed by atoms with Gasteiger partial charge in [-0.2, -0.15) is 0 Å². The summed E-state index contributed by atoms with van der Waals surface area (Å²) in [6.07, 6.45) is 5.07. The fourth-order valence-electron chi connectivity index (χ4n) is 4.63. The van der Waals surface area contributed by atoms with Crippen molar-refractivity contribution in [2.45, 2.75) is 77.7 Å². The molecular formula is C29H37NO3. The van der Waals surface area contributed by atoms with Crippen molar-refractivity contribution in [3.05, 3.63) is 71.8 Å². The highest BCUT2D eigenvalue weighted by Gasteiger charge is 2.39. The average molecular weight is 448 g/mol. The predicted octanol–water partition coefficient (Wildman–Crippen LogP) is 5.94. The molecule has 1 amide bonds. The zero-order valence-electron chi connectivity index (χ0n) is 20.3. The van der Waals surface area contributed by atoms with Crippen LogP contribution in [0.3, 0.4) is 0 Å². The summed E-state index contributed by atoms with van der Waals surface area (Å²) in [7, 11) is 0. The molecule has 3 rings (SSSR count). The van der Waals surface area contributed by atoms with E-state index in [2.05, 4.69) is 48.5 Å². The molecule has 0 spiro atoms. The zero-order chi connectivity index (χ0) is 23.8. The summed E-state index contributed by atoms with van der Waals surface area (Å²) >= 11 is 0. The van der Waals surface area contributed by atoms with E-state index in [-0.39, 0.29) is 17.5 Å². The number of ketones is 2. The van der Waals surface area contributed by atoms with E-state index >= 15 is 0 Å². The molecule has 1 fully saturated rings. The number of amides is 1. The monoisotopic (exact) mass is 447 g/mol. The molecule has 176 valence electrons. The highest BCUT2D eigenvalue weighted by Crippen LogP contribution is 2.31. The minimum Gasteiger partial charge on any atom is -0.326 e. The van der Waals surface area contributed by atoms with Gasteiger partial charge in [-0.05, 0) is 49.7 Å². The molecule has 1 heterocycles. The molecule has 1 unspecified atom stereocenters. The van der Waals surface area contributed by atoms with E-state index in [1.807, 2.05) is 19.1 Å². The lowest BCUT2D eigenvalue weighted by atomic mass is 9.83. The molecule has 1 atom stereocenters. The van der Waals surface area contributed by atoms with E-state index in [1.54, 1.807) is 18.7 Å². The maximum Gasteiger partial charge on any atom is 0.291 e. The van der Waals surface area contributed by atoms with Gasteiger partial charge in [-0.15, -0.1) is 0 Å². The summed E-state index contributed by atoms with van der Waals surface area (Å²) < 4.78 is 0. The molecule has 0 aromatic heterocycles. The molecule has 1 aliphatic rings. The smallest absolute Gasteiger partial charge is 0.291 e. The van der Waals surface area contributed by atoms with Crippen LogP contribution in [0.15, 0.2) is 60.7 Å². The molecule has 33 heavy (non-hydrogen) atoms. The van der Waals surface area contributed by atoms with Crippen LogP contribution < -0.4 is 0 Å². The first-order valence-electron chi connectivity index (χ1n) is 12.3. The van der Waals surface area contributed by atoms with E-state index in [0.29, 0.717) is 25.8 Å². The Morgan fingerprint density at radius 3 is 2.06 bits per heavy atom. The first-order valence-corrected chi connectivity index (χ1v) is 12.3. The van der Waals surface area contributed by atoms with E-state index in [9.17, 15) is 14.4 Å². The molecule has 1 aliphatic heterocycles. The van der Waals surface area contributed by atoms with Gasteiger partial charge in [0, 0.05) is 24.3 Å². The summed E-state index contributed by atoms with van der Waals surface area (Å²) in [6.45, 7) is 6.03. The molecule has 0 aliphatic carbocycles. The van der Waals surface area contributed by atoms with Gasteiger partial charge < -0.3 is 4.90 Å². The van der Waals surface area contributed by atoms with Gasteiger partial charge in [-0.25, -0.2) is 0 Å². The third-order valence-electron chi connectivity index (χ3n) is 7.15. The Balaban J connectivity index is 1.66. The quantitative estimate of drug-likeness (QED) is 0.423. The predicted molar refractivity (Wildman–Crippen MR) is 132 cm³/mol. The minimum atomic E-state index is -0.694. The van der Waals surface area contributed by atoms with Gasteiger partial charge >= 0.3 is 0 Å². The highest BCUT2D eigenvalue weighted by atomic mass is 16.2. The van der Waals surface area contributed by atoms with E-state index < -0.39 is 17.4 Å². The maximum absolute atomic E-state index is 13.2. The zero-order valence-corrected chi connectivity index (χ0v) is 20.3. The molecule has 4 heteroatoms. The van der Waals surface area contributed by atoms with Gasteiger partial charge in [0.2, 0.25) is 5.78 Å². The molecule has 4 nitrogen and oxygen atoms in total. The van der Waals surface area contributed by atoms with Crippen LogP contribution in [0.2, 0.25) is 0 Å².